The van der Waals surface area contributed by atoms with E-state index in [9.17, 15) is 10.2 Å². The average molecular weight is 285 g/mol. The maximum Gasteiger partial charge on any atom is 0.133 e. The minimum absolute atomic E-state index is 0.518. The first-order valence-electron chi connectivity index (χ1n) is 5.11. The van der Waals surface area contributed by atoms with E-state index in [-0.39, 0.29) is 0 Å². The molecule has 1 aromatic heterocycles. The third kappa shape index (κ3) is 2.29. The fourth-order valence-corrected chi connectivity index (χ4v) is 2.13. The summed E-state index contributed by atoms with van der Waals surface area (Å²) >= 11 is 3.24. The van der Waals surface area contributed by atoms with E-state index in [4.69, 9.17) is 4.42 Å². The molecule has 0 amide bonds. The molecule has 2 unspecified atom stereocenters. The number of benzene rings is 1. The highest BCUT2D eigenvalue weighted by Gasteiger charge is 2.18. The van der Waals surface area contributed by atoms with Gasteiger partial charge in [0, 0.05) is 10.7 Å². The lowest BCUT2D eigenvalue weighted by Crippen LogP contribution is -2.18. The monoisotopic (exact) mass is 284 g/mol. The quantitative estimate of drug-likeness (QED) is 0.849. The second-order valence-corrected chi connectivity index (χ2v) is 4.50. The van der Waals surface area contributed by atoms with Gasteiger partial charge in [0.2, 0.25) is 0 Å². The second-order valence-electron chi connectivity index (χ2n) is 3.71. The number of fused-ring (bicyclic) bond motifs is 1. The molecule has 0 aliphatic rings. The zero-order valence-corrected chi connectivity index (χ0v) is 10.2. The van der Waals surface area contributed by atoms with Crippen molar-refractivity contribution >= 4 is 26.9 Å². The molecule has 0 saturated carbocycles. The zero-order valence-electron chi connectivity index (χ0n) is 8.64. The molecule has 2 N–H and O–H groups in total. The van der Waals surface area contributed by atoms with Gasteiger partial charge in [0.1, 0.15) is 11.7 Å². The van der Waals surface area contributed by atoms with Crippen molar-refractivity contribution < 1.29 is 14.6 Å². The fourth-order valence-electron chi connectivity index (χ4n) is 1.66. The van der Waals surface area contributed by atoms with E-state index >= 15 is 0 Å². The van der Waals surface area contributed by atoms with Crippen LogP contribution in [-0.2, 0) is 0 Å². The molecule has 2 rings (SSSR count). The van der Waals surface area contributed by atoms with E-state index in [2.05, 4.69) is 15.9 Å². The van der Waals surface area contributed by atoms with Gasteiger partial charge in [-0.1, -0.05) is 22.0 Å². The van der Waals surface area contributed by atoms with Crippen molar-refractivity contribution in [2.75, 3.05) is 5.33 Å². The molecule has 0 aliphatic heterocycles. The van der Waals surface area contributed by atoms with Gasteiger partial charge in [-0.25, -0.2) is 0 Å². The largest absolute Gasteiger partial charge is 0.464 e. The fraction of sp³-hybridized carbons (Fsp3) is 0.333. The first-order chi connectivity index (χ1) is 7.72. The highest BCUT2D eigenvalue weighted by Crippen LogP contribution is 2.24. The van der Waals surface area contributed by atoms with Crippen LogP contribution in [0, 0.1) is 0 Å². The van der Waals surface area contributed by atoms with Gasteiger partial charge in [0.05, 0.1) is 12.4 Å². The highest BCUT2D eigenvalue weighted by molar-refractivity contribution is 9.09. The number of halogens is 1. The van der Waals surface area contributed by atoms with Crippen molar-refractivity contribution in [1.82, 2.24) is 0 Å². The molecule has 86 valence electrons. The van der Waals surface area contributed by atoms with Crippen molar-refractivity contribution in [2.45, 2.75) is 18.6 Å². The van der Waals surface area contributed by atoms with Gasteiger partial charge in [0.25, 0.3) is 0 Å². The van der Waals surface area contributed by atoms with Crippen LogP contribution in [0.2, 0.25) is 0 Å². The Hall–Kier alpha value is -0.840. The van der Waals surface area contributed by atoms with Crippen LogP contribution in [0.15, 0.2) is 34.9 Å². The summed E-state index contributed by atoms with van der Waals surface area (Å²) in [6.45, 7) is 0. The van der Waals surface area contributed by atoms with Crippen LogP contribution in [0.3, 0.4) is 0 Å². The van der Waals surface area contributed by atoms with Gasteiger partial charge in [-0.3, -0.25) is 0 Å². The van der Waals surface area contributed by atoms with Crippen molar-refractivity contribution in [3.05, 3.63) is 36.1 Å². The summed E-state index contributed by atoms with van der Waals surface area (Å²) < 4.78 is 5.21. The molecule has 0 radical (unpaired) electrons. The van der Waals surface area contributed by atoms with Crippen LogP contribution < -0.4 is 0 Å². The smallest absolute Gasteiger partial charge is 0.133 e. The number of aliphatic hydroxyl groups is 2. The van der Waals surface area contributed by atoms with E-state index in [1.54, 1.807) is 18.4 Å². The molecule has 1 aromatic carbocycles. The molecule has 0 fully saturated rings. The molecule has 0 spiro atoms. The normalized spacial score (nSPS) is 15.2. The summed E-state index contributed by atoms with van der Waals surface area (Å²) in [7, 11) is 0. The van der Waals surface area contributed by atoms with Crippen LogP contribution in [0.1, 0.15) is 18.1 Å². The predicted octanol–water partition coefficient (Wildman–Crippen LogP) is 2.61. The molecule has 2 atom stereocenters. The van der Waals surface area contributed by atoms with E-state index < -0.39 is 12.2 Å². The first-order valence-corrected chi connectivity index (χ1v) is 6.24. The Bertz CT molecular complexity index is 466. The molecular formula is C12H13BrO3. The molecular weight excluding hydrogens is 272 g/mol. The van der Waals surface area contributed by atoms with Gasteiger partial charge in [-0.2, -0.15) is 0 Å². The summed E-state index contributed by atoms with van der Waals surface area (Å²) in [5.41, 5.74) is 1.49. The van der Waals surface area contributed by atoms with Gasteiger partial charge < -0.3 is 14.6 Å². The predicted molar refractivity (Wildman–Crippen MR) is 65.6 cm³/mol. The minimum Gasteiger partial charge on any atom is -0.464 e. The molecule has 4 heteroatoms. The summed E-state index contributed by atoms with van der Waals surface area (Å²) in [6.07, 6.45) is 0.529. The van der Waals surface area contributed by atoms with Crippen LogP contribution in [-0.4, -0.2) is 21.6 Å². The van der Waals surface area contributed by atoms with Crippen molar-refractivity contribution in [2.24, 2.45) is 0 Å². The Morgan fingerprint density at radius 3 is 2.81 bits per heavy atom. The number of hydrogen-bond donors (Lipinski definition) is 2. The second kappa shape index (κ2) is 4.99. The van der Waals surface area contributed by atoms with Crippen LogP contribution in [0.25, 0.3) is 11.0 Å². The van der Waals surface area contributed by atoms with Gasteiger partial charge in [0.15, 0.2) is 0 Å². The van der Waals surface area contributed by atoms with Crippen LogP contribution in [0.5, 0.6) is 0 Å². The van der Waals surface area contributed by atoms with Crippen molar-refractivity contribution in [1.29, 1.82) is 0 Å². The van der Waals surface area contributed by atoms with Gasteiger partial charge in [-0.15, -0.1) is 0 Å². The molecule has 16 heavy (non-hydrogen) atoms. The van der Waals surface area contributed by atoms with Gasteiger partial charge in [-0.05, 0) is 30.2 Å². The van der Waals surface area contributed by atoms with Gasteiger partial charge >= 0.3 is 0 Å². The van der Waals surface area contributed by atoms with E-state index in [0.717, 1.165) is 11.0 Å². The maximum atomic E-state index is 9.92. The van der Waals surface area contributed by atoms with Crippen LogP contribution >= 0.6 is 15.9 Å². The molecule has 0 aliphatic carbocycles. The molecule has 2 aromatic rings. The number of aliphatic hydroxyl groups excluding tert-OH is 2. The Morgan fingerprint density at radius 2 is 2.06 bits per heavy atom. The maximum absolute atomic E-state index is 9.92. The summed E-state index contributed by atoms with van der Waals surface area (Å²) in [5.74, 6) is 0. The molecule has 0 saturated heterocycles. The number of alkyl halides is 1. The SMILES string of the molecule is OC(CCBr)C(O)c1ccc2occc2c1. The summed E-state index contributed by atoms with van der Waals surface area (Å²) in [6, 6.07) is 7.24. The number of rotatable bonds is 4. The lowest BCUT2D eigenvalue weighted by atomic mass is 10.0. The van der Waals surface area contributed by atoms with E-state index in [0.29, 0.717) is 17.3 Å². The van der Waals surface area contributed by atoms with E-state index in [1.165, 1.54) is 0 Å². The molecule has 3 nitrogen and oxygen atoms in total. The molecule has 1 heterocycles. The average Bonchev–Trinajstić information content (AvgIpc) is 2.75. The lowest BCUT2D eigenvalue weighted by molar-refractivity contribution is 0.0174. The van der Waals surface area contributed by atoms with Crippen molar-refractivity contribution in [3.8, 4) is 0 Å². The Kier molecular flexibility index (Phi) is 3.63. The summed E-state index contributed by atoms with van der Waals surface area (Å²) in [4.78, 5) is 0. The minimum atomic E-state index is -0.850. The standard InChI is InChI=1S/C12H13BrO3/c13-5-3-10(14)12(15)9-1-2-11-8(7-9)4-6-16-11/h1-2,4,6-7,10,12,14-15H,3,5H2. The Labute approximate surface area is 102 Å². The topological polar surface area (TPSA) is 53.6 Å². The Balaban J connectivity index is 2.24. The highest BCUT2D eigenvalue weighted by atomic mass is 79.9. The van der Waals surface area contributed by atoms with Crippen LogP contribution in [0.4, 0.5) is 0 Å². The first kappa shape index (κ1) is 11.6. The van der Waals surface area contributed by atoms with E-state index in [1.807, 2.05) is 12.1 Å². The third-order valence-corrected chi connectivity index (χ3v) is 3.05. The number of hydrogen-bond acceptors (Lipinski definition) is 3. The Morgan fingerprint density at radius 1 is 1.25 bits per heavy atom. The zero-order chi connectivity index (χ0) is 11.5. The van der Waals surface area contributed by atoms with Crippen molar-refractivity contribution in [3.63, 3.8) is 0 Å². The molecule has 0 bridgehead atoms. The third-order valence-electron chi connectivity index (χ3n) is 2.59. The summed E-state index contributed by atoms with van der Waals surface area (Å²) in [5, 5.41) is 21.2. The lowest BCUT2D eigenvalue weighted by Gasteiger charge is -2.17. The number of furan rings is 1.